The van der Waals surface area contributed by atoms with Crippen molar-refractivity contribution in [2.75, 3.05) is 13.1 Å². The third-order valence-electron chi connectivity index (χ3n) is 6.77. The Kier molecular flexibility index (Phi) is 6.38. The van der Waals surface area contributed by atoms with Crippen LogP contribution < -0.4 is 11.1 Å². The summed E-state index contributed by atoms with van der Waals surface area (Å²) in [5.74, 6) is 1.94. The number of hydrazone groups is 1. The van der Waals surface area contributed by atoms with E-state index >= 15 is 0 Å². The molecule has 1 aromatic heterocycles. The number of amides is 1. The molecule has 0 saturated carbocycles. The van der Waals surface area contributed by atoms with Crippen molar-refractivity contribution in [3.63, 3.8) is 0 Å². The van der Waals surface area contributed by atoms with Crippen molar-refractivity contribution < 1.29 is 9.53 Å². The van der Waals surface area contributed by atoms with Gasteiger partial charge in [-0.25, -0.2) is 9.98 Å². The predicted molar refractivity (Wildman–Crippen MR) is 134 cm³/mol. The van der Waals surface area contributed by atoms with Gasteiger partial charge in [0.2, 0.25) is 5.91 Å². The number of hydrogen-bond acceptors (Lipinski definition) is 8. The van der Waals surface area contributed by atoms with Crippen LogP contribution in [0.5, 0.6) is 0 Å². The van der Waals surface area contributed by atoms with E-state index in [1.54, 1.807) is 12.5 Å². The first-order valence-corrected chi connectivity index (χ1v) is 12.1. The molecule has 184 valence electrons. The van der Waals surface area contributed by atoms with E-state index in [2.05, 4.69) is 21.9 Å². The largest absolute Gasteiger partial charge is 0.488 e. The quantitative estimate of drug-likeness (QED) is 0.583. The van der Waals surface area contributed by atoms with E-state index in [1.807, 2.05) is 33.8 Å². The molecule has 10 nitrogen and oxygen atoms in total. The molecule has 11 heteroatoms. The maximum absolute atomic E-state index is 12.2. The summed E-state index contributed by atoms with van der Waals surface area (Å²) in [5, 5.41) is 10.9. The highest BCUT2D eigenvalue weighted by Gasteiger charge is 2.41. The van der Waals surface area contributed by atoms with Crippen LogP contribution in [0, 0.1) is 0 Å². The standard InChI is InChI=1S/C24H29ClN8O2/c1-3-20(34)32-9-4-5-16(12-32)33-24-21(23(26)28-14-29-24)22(30-33)15-6-7-18(17(25)11-15)35-13-19-27-8-10-31(19)2/h3,8,10-11,14,16,24H,1,4-7,9,12-13,26H2,2H3,(H,28,29)/t16-,24?/m1/s1. The molecule has 0 aromatic carbocycles. The summed E-state index contributed by atoms with van der Waals surface area (Å²) in [6.07, 6.45) is 11.4. The Morgan fingerprint density at radius 2 is 2.29 bits per heavy atom. The van der Waals surface area contributed by atoms with Crippen LogP contribution in [0.1, 0.15) is 31.5 Å². The number of fused-ring (bicyclic) bond motifs is 1. The lowest BCUT2D eigenvalue weighted by molar-refractivity contribution is -0.128. The van der Waals surface area contributed by atoms with Crippen LogP contribution in [0.25, 0.3) is 0 Å². The molecule has 1 unspecified atom stereocenters. The van der Waals surface area contributed by atoms with Gasteiger partial charge in [-0.1, -0.05) is 18.2 Å². The Hall–Kier alpha value is -3.53. The summed E-state index contributed by atoms with van der Waals surface area (Å²) in [5.41, 5.74) is 8.94. The summed E-state index contributed by atoms with van der Waals surface area (Å²) in [6, 6.07) is 0.0452. The van der Waals surface area contributed by atoms with E-state index < -0.39 is 0 Å². The fourth-order valence-corrected chi connectivity index (χ4v) is 5.16. The minimum absolute atomic E-state index is 0.0452. The lowest BCUT2D eigenvalue weighted by Crippen LogP contribution is -2.54. The van der Waals surface area contributed by atoms with Gasteiger partial charge >= 0.3 is 0 Å². The molecule has 5 rings (SSSR count). The number of aryl methyl sites for hydroxylation is 1. The molecular weight excluding hydrogens is 468 g/mol. The van der Waals surface area contributed by atoms with Crippen LogP contribution in [0.4, 0.5) is 0 Å². The van der Waals surface area contributed by atoms with Crippen LogP contribution in [-0.2, 0) is 23.2 Å². The zero-order valence-corrected chi connectivity index (χ0v) is 20.4. The van der Waals surface area contributed by atoms with Crippen molar-refractivity contribution in [1.82, 2.24) is 24.8 Å². The highest BCUT2D eigenvalue weighted by atomic mass is 35.5. The molecule has 1 amide bonds. The molecule has 0 spiro atoms. The Morgan fingerprint density at radius 3 is 3.03 bits per heavy atom. The van der Waals surface area contributed by atoms with Gasteiger partial charge in [0.15, 0.2) is 0 Å². The van der Waals surface area contributed by atoms with Gasteiger partial charge in [-0.15, -0.1) is 0 Å². The van der Waals surface area contributed by atoms with Crippen molar-refractivity contribution in [2.24, 2.45) is 22.9 Å². The Balaban J connectivity index is 1.40. The van der Waals surface area contributed by atoms with Gasteiger partial charge in [0.05, 0.1) is 28.7 Å². The molecule has 1 aromatic rings. The second kappa shape index (κ2) is 9.61. The molecule has 0 radical (unpaired) electrons. The van der Waals surface area contributed by atoms with Crippen LogP contribution >= 0.6 is 11.6 Å². The second-order valence-corrected chi connectivity index (χ2v) is 9.33. The van der Waals surface area contributed by atoms with Gasteiger partial charge in [-0.05, 0) is 37.0 Å². The minimum Gasteiger partial charge on any atom is -0.488 e. The molecule has 3 aliphatic heterocycles. The molecule has 35 heavy (non-hydrogen) atoms. The van der Waals surface area contributed by atoms with E-state index in [-0.39, 0.29) is 18.1 Å². The number of hydrogen-bond donors (Lipinski definition) is 2. The smallest absolute Gasteiger partial charge is 0.246 e. The predicted octanol–water partition coefficient (Wildman–Crippen LogP) is 2.08. The normalized spacial score (nSPS) is 24.2. The molecule has 3 N–H and O–H groups in total. The van der Waals surface area contributed by atoms with Gasteiger partial charge in [-0.2, -0.15) is 5.10 Å². The third kappa shape index (κ3) is 4.45. The van der Waals surface area contributed by atoms with Crippen molar-refractivity contribution >= 4 is 29.6 Å². The average molecular weight is 497 g/mol. The minimum atomic E-state index is -0.240. The van der Waals surface area contributed by atoms with Gasteiger partial charge < -0.3 is 25.3 Å². The van der Waals surface area contributed by atoms with Crippen LogP contribution in [0.2, 0.25) is 0 Å². The number of nitrogens with one attached hydrogen (secondary N) is 1. The summed E-state index contributed by atoms with van der Waals surface area (Å²) >= 11 is 6.64. The zero-order chi connectivity index (χ0) is 24.5. The molecule has 0 bridgehead atoms. The number of nitrogens with two attached hydrogens (primary N) is 1. The summed E-state index contributed by atoms with van der Waals surface area (Å²) in [4.78, 5) is 22.6. The number of imidazole rings is 1. The lowest BCUT2D eigenvalue weighted by Gasteiger charge is -2.39. The van der Waals surface area contributed by atoms with Gasteiger partial charge in [-0.3, -0.25) is 9.80 Å². The van der Waals surface area contributed by atoms with E-state index in [0.29, 0.717) is 36.8 Å². The van der Waals surface area contributed by atoms with Crippen molar-refractivity contribution in [1.29, 1.82) is 0 Å². The highest BCUT2D eigenvalue weighted by Crippen LogP contribution is 2.36. The van der Waals surface area contributed by atoms with E-state index in [9.17, 15) is 4.79 Å². The first-order chi connectivity index (χ1) is 17.0. The number of aromatic nitrogens is 2. The second-order valence-electron chi connectivity index (χ2n) is 8.92. The lowest BCUT2D eigenvalue weighted by atomic mass is 9.93. The Morgan fingerprint density at radius 1 is 1.43 bits per heavy atom. The number of carbonyl (C=O) groups excluding carboxylic acids is 1. The van der Waals surface area contributed by atoms with E-state index in [1.165, 1.54) is 6.08 Å². The summed E-state index contributed by atoms with van der Waals surface area (Å²) in [7, 11) is 1.93. The Labute approximate surface area is 209 Å². The van der Waals surface area contributed by atoms with Crippen molar-refractivity contribution in [3.8, 4) is 0 Å². The van der Waals surface area contributed by atoms with Crippen LogP contribution in [0.15, 0.2) is 69.0 Å². The first-order valence-electron chi connectivity index (χ1n) is 11.7. The fourth-order valence-electron chi connectivity index (χ4n) is 4.87. The van der Waals surface area contributed by atoms with Crippen LogP contribution in [0.3, 0.4) is 0 Å². The maximum atomic E-state index is 12.2. The molecular formula is C24H29ClN8O2. The molecule has 1 aliphatic carbocycles. The summed E-state index contributed by atoms with van der Waals surface area (Å²) < 4.78 is 7.89. The van der Waals surface area contributed by atoms with Gasteiger partial charge in [0.25, 0.3) is 0 Å². The van der Waals surface area contributed by atoms with Gasteiger partial charge in [0, 0.05) is 39.0 Å². The first kappa shape index (κ1) is 23.2. The number of ether oxygens (including phenoxy) is 1. The topological polar surface area (TPSA) is 113 Å². The number of nitrogens with zero attached hydrogens (tertiary/aromatic N) is 6. The number of rotatable bonds is 6. The van der Waals surface area contributed by atoms with Crippen molar-refractivity contribution in [2.45, 2.75) is 44.5 Å². The van der Waals surface area contributed by atoms with E-state index in [0.717, 1.165) is 47.8 Å². The molecule has 2 atom stereocenters. The highest BCUT2D eigenvalue weighted by molar-refractivity contribution is 6.32. The van der Waals surface area contributed by atoms with E-state index in [4.69, 9.17) is 27.2 Å². The number of piperidine rings is 1. The molecule has 1 fully saturated rings. The number of carbonyl (C=O) groups is 1. The number of halogens is 1. The fraction of sp³-hybridized carbons (Fsp3) is 0.417. The third-order valence-corrected chi connectivity index (χ3v) is 7.09. The number of aliphatic imine (C=N–C) groups is 1. The SMILES string of the molecule is C=CC(=O)N1CCC[C@@H](N2N=C(C3=CC(Cl)=C(OCc4nccn4C)CC3)C3=C(N)N=CNC32)C1. The average Bonchev–Trinajstić information content (AvgIpc) is 3.47. The monoisotopic (exact) mass is 496 g/mol. The summed E-state index contributed by atoms with van der Waals surface area (Å²) in [6.45, 7) is 5.28. The molecule has 4 heterocycles. The number of likely N-dealkylation sites (tertiary alicyclic amines) is 1. The van der Waals surface area contributed by atoms with Crippen molar-refractivity contribution in [3.05, 3.63) is 64.7 Å². The molecule has 1 saturated heterocycles. The number of allylic oxidation sites excluding steroid dienone is 4. The maximum Gasteiger partial charge on any atom is 0.246 e. The molecule has 4 aliphatic rings. The Bertz CT molecular complexity index is 1190. The van der Waals surface area contributed by atoms with Crippen LogP contribution in [-0.4, -0.2) is 62.7 Å². The van der Waals surface area contributed by atoms with Gasteiger partial charge in [0.1, 0.15) is 30.2 Å². The zero-order valence-electron chi connectivity index (χ0n) is 19.7.